The van der Waals surface area contributed by atoms with Crippen LogP contribution in [0.2, 0.25) is 0 Å². The van der Waals surface area contributed by atoms with Gasteiger partial charge in [0, 0.05) is 12.6 Å². The van der Waals surface area contributed by atoms with Crippen molar-refractivity contribution in [2.45, 2.75) is 25.3 Å². The Bertz CT molecular complexity index is 245. The van der Waals surface area contributed by atoms with E-state index >= 15 is 0 Å². The molecule has 2 aliphatic rings. The molecule has 5 nitrogen and oxygen atoms in total. The van der Waals surface area contributed by atoms with Crippen LogP contribution < -0.4 is 10.6 Å². The monoisotopic (exact) mass is 211 g/mol. The standard InChI is InChI=1S/C10H17N3O2/c14-9-6-11-7-10(15)13(9)5-3-8-2-1-4-12-8/h8,11-12H,1-7H2. The maximum atomic E-state index is 11.4. The molecule has 2 N–H and O–H groups in total. The number of hydrogen-bond donors (Lipinski definition) is 2. The van der Waals surface area contributed by atoms with E-state index in [1.54, 1.807) is 0 Å². The van der Waals surface area contributed by atoms with E-state index in [9.17, 15) is 9.59 Å². The molecule has 2 aliphatic heterocycles. The van der Waals surface area contributed by atoms with Crippen molar-refractivity contribution in [2.24, 2.45) is 0 Å². The summed E-state index contributed by atoms with van der Waals surface area (Å²) >= 11 is 0. The first-order valence-electron chi connectivity index (χ1n) is 5.54. The van der Waals surface area contributed by atoms with Crippen molar-refractivity contribution in [1.82, 2.24) is 15.5 Å². The Labute approximate surface area is 89.2 Å². The van der Waals surface area contributed by atoms with Gasteiger partial charge in [0.1, 0.15) is 0 Å². The lowest BCUT2D eigenvalue weighted by molar-refractivity contribution is -0.146. The summed E-state index contributed by atoms with van der Waals surface area (Å²) < 4.78 is 0. The summed E-state index contributed by atoms with van der Waals surface area (Å²) in [6.45, 7) is 2.22. The first-order valence-corrected chi connectivity index (χ1v) is 5.54. The molecule has 2 fully saturated rings. The van der Waals surface area contributed by atoms with Crippen molar-refractivity contribution in [3.8, 4) is 0 Å². The van der Waals surface area contributed by atoms with Gasteiger partial charge in [-0.3, -0.25) is 19.8 Å². The largest absolute Gasteiger partial charge is 0.314 e. The molecule has 84 valence electrons. The van der Waals surface area contributed by atoms with Gasteiger partial charge in [0.15, 0.2) is 0 Å². The molecule has 1 unspecified atom stereocenters. The zero-order valence-electron chi connectivity index (χ0n) is 8.79. The Morgan fingerprint density at radius 2 is 2.00 bits per heavy atom. The minimum Gasteiger partial charge on any atom is -0.314 e. The summed E-state index contributed by atoms with van der Waals surface area (Å²) in [5, 5.41) is 6.15. The fourth-order valence-electron chi connectivity index (χ4n) is 2.14. The van der Waals surface area contributed by atoms with Crippen molar-refractivity contribution in [1.29, 1.82) is 0 Å². The third-order valence-electron chi connectivity index (χ3n) is 3.02. The molecule has 2 heterocycles. The zero-order valence-corrected chi connectivity index (χ0v) is 8.79. The minimum atomic E-state index is -0.0933. The number of nitrogens with zero attached hydrogens (tertiary/aromatic N) is 1. The Kier molecular flexibility index (Phi) is 3.33. The van der Waals surface area contributed by atoms with E-state index in [-0.39, 0.29) is 11.8 Å². The highest BCUT2D eigenvalue weighted by Crippen LogP contribution is 2.10. The number of hydrogen-bond acceptors (Lipinski definition) is 4. The Morgan fingerprint density at radius 1 is 1.27 bits per heavy atom. The fraction of sp³-hybridized carbons (Fsp3) is 0.800. The molecule has 0 saturated carbocycles. The lowest BCUT2D eigenvalue weighted by Gasteiger charge is -2.26. The molecule has 0 aromatic rings. The normalized spacial score (nSPS) is 27.5. The second-order valence-electron chi connectivity index (χ2n) is 4.12. The molecule has 5 heteroatoms. The number of nitrogens with one attached hydrogen (secondary N) is 2. The van der Waals surface area contributed by atoms with Gasteiger partial charge >= 0.3 is 0 Å². The molecule has 1 atom stereocenters. The second kappa shape index (κ2) is 4.72. The molecule has 2 amide bonds. The maximum Gasteiger partial charge on any atom is 0.243 e. The number of amides is 2. The minimum absolute atomic E-state index is 0.0933. The van der Waals surface area contributed by atoms with Gasteiger partial charge in [0.25, 0.3) is 0 Å². The van der Waals surface area contributed by atoms with Crippen LogP contribution in [0.3, 0.4) is 0 Å². The molecule has 2 saturated heterocycles. The summed E-state index contributed by atoms with van der Waals surface area (Å²) in [7, 11) is 0. The lowest BCUT2D eigenvalue weighted by Crippen LogP contribution is -2.52. The van der Waals surface area contributed by atoms with Gasteiger partial charge in [-0.2, -0.15) is 0 Å². The lowest BCUT2D eigenvalue weighted by atomic mass is 10.1. The molecule has 0 aliphatic carbocycles. The van der Waals surface area contributed by atoms with Crippen LogP contribution >= 0.6 is 0 Å². The van der Waals surface area contributed by atoms with Gasteiger partial charge < -0.3 is 5.32 Å². The van der Waals surface area contributed by atoms with E-state index in [1.165, 1.54) is 11.3 Å². The van der Waals surface area contributed by atoms with Crippen molar-refractivity contribution >= 4 is 11.8 Å². The summed E-state index contributed by atoms with van der Waals surface area (Å²) in [6.07, 6.45) is 3.25. The number of rotatable bonds is 3. The van der Waals surface area contributed by atoms with Crippen LogP contribution in [0.4, 0.5) is 0 Å². The Balaban J connectivity index is 1.81. The summed E-state index contributed by atoms with van der Waals surface area (Å²) in [5.41, 5.74) is 0. The van der Waals surface area contributed by atoms with E-state index in [4.69, 9.17) is 0 Å². The molecular weight excluding hydrogens is 194 g/mol. The van der Waals surface area contributed by atoms with Gasteiger partial charge in [-0.05, 0) is 25.8 Å². The van der Waals surface area contributed by atoms with Crippen LogP contribution in [-0.4, -0.2) is 48.9 Å². The highest BCUT2D eigenvalue weighted by atomic mass is 16.2. The topological polar surface area (TPSA) is 61.4 Å². The molecular formula is C10H17N3O2. The van der Waals surface area contributed by atoms with Crippen LogP contribution in [0, 0.1) is 0 Å². The van der Waals surface area contributed by atoms with Gasteiger partial charge in [-0.1, -0.05) is 0 Å². The van der Waals surface area contributed by atoms with Crippen LogP contribution in [0.15, 0.2) is 0 Å². The van der Waals surface area contributed by atoms with Gasteiger partial charge in [0.2, 0.25) is 11.8 Å². The molecule has 0 aromatic carbocycles. The van der Waals surface area contributed by atoms with Crippen molar-refractivity contribution in [2.75, 3.05) is 26.2 Å². The number of imide groups is 1. The highest BCUT2D eigenvalue weighted by Gasteiger charge is 2.26. The maximum absolute atomic E-state index is 11.4. The average Bonchev–Trinajstić information content (AvgIpc) is 2.70. The first-order chi connectivity index (χ1) is 7.27. The molecule has 2 rings (SSSR count). The van der Waals surface area contributed by atoms with E-state index in [0.717, 1.165) is 19.4 Å². The van der Waals surface area contributed by atoms with Crippen LogP contribution in [-0.2, 0) is 9.59 Å². The quantitative estimate of drug-likeness (QED) is 0.593. The Hall–Kier alpha value is -0.940. The molecule has 15 heavy (non-hydrogen) atoms. The van der Waals surface area contributed by atoms with Crippen molar-refractivity contribution in [3.05, 3.63) is 0 Å². The second-order valence-corrected chi connectivity index (χ2v) is 4.12. The molecule has 0 aromatic heterocycles. The fourth-order valence-corrected chi connectivity index (χ4v) is 2.14. The summed E-state index contributed by atoms with van der Waals surface area (Å²) in [5.74, 6) is -0.187. The summed E-state index contributed by atoms with van der Waals surface area (Å²) in [4.78, 5) is 24.2. The van der Waals surface area contributed by atoms with Crippen LogP contribution in [0.5, 0.6) is 0 Å². The first kappa shape index (κ1) is 10.6. The number of carbonyl (C=O) groups is 2. The third-order valence-corrected chi connectivity index (χ3v) is 3.02. The summed E-state index contributed by atoms with van der Waals surface area (Å²) in [6, 6.07) is 0.487. The molecule has 0 spiro atoms. The van der Waals surface area contributed by atoms with Crippen LogP contribution in [0.25, 0.3) is 0 Å². The molecule has 0 bridgehead atoms. The molecule has 0 radical (unpaired) electrons. The average molecular weight is 211 g/mol. The Morgan fingerprint density at radius 3 is 2.60 bits per heavy atom. The van der Waals surface area contributed by atoms with E-state index in [0.29, 0.717) is 25.7 Å². The SMILES string of the molecule is O=C1CNCC(=O)N1CCC1CCCN1. The highest BCUT2D eigenvalue weighted by molar-refractivity contribution is 5.99. The number of carbonyl (C=O) groups excluding carboxylic acids is 2. The third kappa shape index (κ3) is 2.54. The smallest absolute Gasteiger partial charge is 0.243 e. The predicted octanol–water partition coefficient (Wildman–Crippen LogP) is -0.913. The van der Waals surface area contributed by atoms with Crippen molar-refractivity contribution < 1.29 is 9.59 Å². The van der Waals surface area contributed by atoms with Gasteiger partial charge in [-0.25, -0.2) is 0 Å². The zero-order chi connectivity index (χ0) is 10.7. The van der Waals surface area contributed by atoms with Crippen LogP contribution in [0.1, 0.15) is 19.3 Å². The number of piperazine rings is 1. The van der Waals surface area contributed by atoms with Crippen molar-refractivity contribution in [3.63, 3.8) is 0 Å². The van der Waals surface area contributed by atoms with Gasteiger partial charge in [0.05, 0.1) is 13.1 Å². The van der Waals surface area contributed by atoms with Gasteiger partial charge in [-0.15, -0.1) is 0 Å². The predicted molar refractivity (Wildman–Crippen MR) is 55.2 cm³/mol. The van der Waals surface area contributed by atoms with E-state index in [2.05, 4.69) is 10.6 Å². The van der Waals surface area contributed by atoms with E-state index < -0.39 is 0 Å². The van der Waals surface area contributed by atoms with E-state index in [1.807, 2.05) is 0 Å².